The summed E-state index contributed by atoms with van der Waals surface area (Å²) in [6.07, 6.45) is 1.65. The third kappa shape index (κ3) is 4.07. The summed E-state index contributed by atoms with van der Waals surface area (Å²) in [7, 11) is 0. The molecule has 4 rings (SSSR count). The second-order valence-corrected chi connectivity index (χ2v) is 7.70. The molecule has 0 saturated carbocycles. The number of hydrogen-bond acceptors (Lipinski definition) is 4. The Balaban J connectivity index is 1.35. The number of benzene rings is 1. The molecule has 3 heterocycles. The zero-order valence-electron chi connectivity index (χ0n) is 14.8. The van der Waals surface area contributed by atoms with Gasteiger partial charge in [-0.15, -0.1) is 11.3 Å². The highest BCUT2D eigenvalue weighted by atomic mass is 32.1. The first-order chi connectivity index (χ1) is 13.2. The largest absolute Gasteiger partial charge is 0.335 e. The van der Waals surface area contributed by atoms with E-state index in [9.17, 15) is 9.18 Å². The number of nitrogens with zero attached hydrogens (tertiary/aromatic N) is 3. The Labute approximate surface area is 161 Å². The van der Waals surface area contributed by atoms with E-state index in [4.69, 9.17) is 0 Å². The van der Waals surface area contributed by atoms with Crippen LogP contribution in [0.15, 0.2) is 60.8 Å². The van der Waals surface area contributed by atoms with Gasteiger partial charge in [0.2, 0.25) is 0 Å². The highest BCUT2D eigenvalue weighted by molar-refractivity contribution is 7.15. The summed E-state index contributed by atoms with van der Waals surface area (Å²) in [6, 6.07) is 16.3. The van der Waals surface area contributed by atoms with Crippen molar-refractivity contribution in [1.82, 2.24) is 14.8 Å². The highest BCUT2D eigenvalue weighted by Gasteiger charge is 2.23. The van der Waals surface area contributed by atoms with Crippen LogP contribution < -0.4 is 0 Å². The molecule has 1 saturated heterocycles. The Morgan fingerprint density at radius 3 is 2.52 bits per heavy atom. The van der Waals surface area contributed by atoms with Crippen molar-refractivity contribution in [2.24, 2.45) is 0 Å². The SMILES string of the molecule is O=C(c1ccccn1)N1CCN(Cc2ccc(-c3ccccc3F)s2)CC1. The number of piperazine rings is 1. The molecule has 27 heavy (non-hydrogen) atoms. The van der Waals surface area contributed by atoms with Gasteiger partial charge in [-0.2, -0.15) is 0 Å². The van der Waals surface area contributed by atoms with E-state index in [0.29, 0.717) is 24.3 Å². The molecule has 6 heteroatoms. The first kappa shape index (κ1) is 17.8. The van der Waals surface area contributed by atoms with Crippen molar-refractivity contribution in [3.05, 3.63) is 77.2 Å². The monoisotopic (exact) mass is 381 g/mol. The Bertz CT molecular complexity index is 920. The Morgan fingerprint density at radius 2 is 1.78 bits per heavy atom. The van der Waals surface area contributed by atoms with Gasteiger partial charge in [0.05, 0.1) is 0 Å². The summed E-state index contributed by atoms with van der Waals surface area (Å²) < 4.78 is 14.0. The molecule has 1 fully saturated rings. The van der Waals surface area contributed by atoms with Crippen LogP contribution in [0, 0.1) is 5.82 Å². The van der Waals surface area contributed by atoms with Crippen LogP contribution in [0.25, 0.3) is 10.4 Å². The minimum Gasteiger partial charge on any atom is -0.335 e. The van der Waals surface area contributed by atoms with Gasteiger partial charge in [-0.05, 0) is 30.3 Å². The van der Waals surface area contributed by atoms with Gasteiger partial charge in [0.25, 0.3) is 5.91 Å². The highest BCUT2D eigenvalue weighted by Crippen LogP contribution is 2.30. The standard InChI is InChI=1S/C21H20FN3OS/c22-18-6-2-1-5-17(18)20-9-8-16(27-20)15-24-11-13-25(14-12-24)21(26)19-7-3-4-10-23-19/h1-10H,11-15H2. The Morgan fingerprint density at radius 1 is 1.00 bits per heavy atom. The smallest absolute Gasteiger partial charge is 0.272 e. The van der Waals surface area contributed by atoms with E-state index in [1.165, 1.54) is 10.9 Å². The maximum atomic E-state index is 14.0. The summed E-state index contributed by atoms with van der Waals surface area (Å²) in [6.45, 7) is 3.86. The molecule has 138 valence electrons. The van der Waals surface area contributed by atoms with E-state index in [1.54, 1.807) is 29.7 Å². The van der Waals surface area contributed by atoms with Crippen molar-refractivity contribution >= 4 is 17.2 Å². The summed E-state index contributed by atoms with van der Waals surface area (Å²) in [4.78, 5) is 23.0. The number of carbonyl (C=O) groups excluding carboxylic acids is 1. The number of thiophene rings is 1. The van der Waals surface area contributed by atoms with Crippen molar-refractivity contribution in [3.8, 4) is 10.4 Å². The van der Waals surface area contributed by atoms with E-state index in [0.717, 1.165) is 24.5 Å². The fourth-order valence-electron chi connectivity index (χ4n) is 3.25. The zero-order chi connectivity index (χ0) is 18.6. The van der Waals surface area contributed by atoms with Crippen molar-refractivity contribution in [1.29, 1.82) is 0 Å². The van der Waals surface area contributed by atoms with Crippen molar-refractivity contribution in [3.63, 3.8) is 0 Å². The Hall–Kier alpha value is -2.57. The maximum Gasteiger partial charge on any atom is 0.272 e. The molecule has 2 aromatic heterocycles. The molecular formula is C21H20FN3OS. The molecule has 1 aromatic carbocycles. The third-order valence-electron chi connectivity index (χ3n) is 4.72. The zero-order valence-corrected chi connectivity index (χ0v) is 15.7. The number of amides is 1. The van der Waals surface area contributed by atoms with Gasteiger partial charge in [0, 0.05) is 54.2 Å². The number of hydrogen-bond donors (Lipinski definition) is 0. The van der Waals surface area contributed by atoms with Gasteiger partial charge >= 0.3 is 0 Å². The Kier molecular flexibility index (Phi) is 5.27. The van der Waals surface area contributed by atoms with Crippen LogP contribution >= 0.6 is 11.3 Å². The van der Waals surface area contributed by atoms with Crippen LogP contribution in [0.2, 0.25) is 0 Å². The van der Waals surface area contributed by atoms with Gasteiger partial charge in [-0.1, -0.05) is 24.3 Å². The normalized spacial score (nSPS) is 15.1. The second kappa shape index (κ2) is 7.98. The average Bonchev–Trinajstić information content (AvgIpc) is 3.17. The van der Waals surface area contributed by atoms with Crippen molar-refractivity contribution in [2.45, 2.75) is 6.54 Å². The molecule has 0 N–H and O–H groups in total. The lowest BCUT2D eigenvalue weighted by Gasteiger charge is -2.34. The second-order valence-electron chi connectivity index (χ2n) is 6.53. The number of rotatable bonds is 4. The summed E-state index contributed by atoms with van der Waals surface area (Å²) in [5, 5.41) is 0. The fraction of sp³-hybridized carbons (Fsp3) is 0.238. The lowest BCUT2D eigenvalue weighted by Crippen LogP contribution is -2.48. The minimum atomic E-state index is -0.187. The molecule has 3 aromatic rings. The van der Waals surface area contributed by atoms with Gasteiger partial charge < -0.3 is 4.90 Å². The fourth-order valence-corrected chi connectivity index (χ4v) is 4.33. The molecule has 0 bridgehead atoms. The minimum absolute atomic E-state index is 0.00628. The first-order valence-corrected chi connectivity index (χ1v) is 9.78. The first-order valence-electron chi connectivity index (χ1n) is 8.97. The molecule has 0 unspecified atom stereocenters. The van der Waals surface area contributed by atoms with Gasteiger partial charge in [-0.25, -0.2) is 4.39 Å². The van der Waals surface area contributed by atoms with Crippen molar-refractivity contribution < 1.29 is 9.18 Å². The van der Waals surface area contributed by atoms with Crippen LogP contribution in [-0.2, 0) is 6.54 Å². The molecule has 1 amide bonds. The van der Waals surface area contributed by atoms with Gasteiger partial charge in [0.15, 0.2) is 0 Å². The molecule has 0 spiro atoms. The van der Waals surface area contributed by atoms with Gasteiger partial charge in [-0.3, -0.25) is 14.7 Å². The third-order valence-corrected chi connectivity index (χ3v) is 5.83. The number of aromatic nitrogens is 1. The van der Waals surface area contributed by atoms with E-state index in [-0.39, 0.29) is 11.7 Å². The lowest BCUT2D eigenvalue weighted by atomic mass is 10.2. The van der Waals surface area contributed by atoms with Crippen LogP contribution in [0.4, 0.5) is 4.39 Å². The molecule has 0 radical (unpaired) electrons. The molecule has 1 aliphatic heterocycles. The summed E-state index contributed by atoms with van der Waals surface area (Å²) in [5.74, 6) is -0.194. The van der Waals surface area contributed by atoms with Crippen LogP contribution in [-0.4, -0.2) is 46.9 Å². The number of carbonyl (C=O) groups is 1. The quantitative estimate of drug-likeness (QED) is 0.688. The van der Waals surface area contributed by atoms with E-state index in [2.05, 4.69) is 16.0 Å². The van der Waals surface area contributed by atoms with Crippen LogP contribution in [0.3, 0.4) is 0 Å². The van der Waals surface area contributed by atoms with E-state index < -0.39 is 0 Å². The summed E-state index contributed by atoms with van der Waals surface area (Å²) >= 11 is 1.63. The molecule has 4 nitrogen and oxygen atoms in total. The van der Waals surface area contributed by atoms with Crippen molar-refractivity contribution in [2.75, 3.05) is 26.2 Å². The number of pyridine rings is 1. The molecule has 0 atom stereocenters. The molecule has 0 aliphatic carbocycles. The topological polar surface area (TPSA) is 36.4 Å². The van der Waals surface area contributed by atoms with E-state index in [1.807, 2.05) is 35.2 Å². The average molecular weight is 381 g/mol. The predicted molar refractivity (Wildman–Crippen MR) is 105 cm³/mol. The molecular weight excluding hydrogens is 361 g/mol. The van der Waals surface area contributed by atoms with E-state index >= 15 is 0 Å². The molecule has 1 aliphatic rings. The lowest BCUT2D eigenvalue weighted by molar-refractivity contribution is 0.0624. The van der Waals surface area contributed by atoms with Gasteiger partial charge in [0.1, 0.15) is 11.5 Å². The van der Waals surface area contributed by atoms with Crippen LogP contribution in [0.5, 0.6) is 0 Å². The summed E-state index contributed by atoms with van der Waals surface area (Å²) in [5.41, 5.74) is 1.15. The van der Waals surface area contributed by atoms with Crippen LogP contribution in [0.1, 0.15) is 15.4 Å². The predicted octanol–water partition coefficient (Wildman–Crippen LogP) is 3.91. The number of halogens is 1. The maximum absolute atomic E-state index is 14.0.